The molecule has 0 aromatic carbocycles. The van der Waals surface area contributed by atoms with Gasteiger partial charge in [0.25, 0.3) is 0 Å². The Bertz CT molecular complexity index is 309. The number of rotatable bonds is 13. The lowest BCUT2D eigenvalue weighted by atomic mass is 9.93. The summed E-state index contributed by atoms with van der Waals surface area (Å²) in [4.78, 5) is 5.13. The third-order valence-corrected chi connectivity index (χ3v) is 5.81. The molecule has 0 heterocycles. The smallest absolute Gasteiger partial charge is 0.00639 e. The van der Waals surface area contributed by atoms with Gasteiger partial charge in [-0.15, -0.1) is 0 Å². The van der Waals surface area contributed by atoms with E-state index >= 15 is 0 Å². The van der Waals surface area contributed by atoms with E-state index in [0.717, 1.165) is 17.9 Å². The Balaban J connectivity index is 2.16. The monoisotopic (exact) mass is 324 g/mol. The molecule has 0 bridgehead atoms. The van der Waals surface area contributed by atoms with E-state index in [2.05, 4.69) is 58.5 Å². The zero-order chi connectivity index (χ0) is 17.5. The summed E-state index contributed by atoms with van der Waals surface area (Å²) in [6.07, 6.45) is 9.70. The molecule has 1 fully saturated rings. The maximum absolute atomic E-state index is 2.61. The SMILES string of the molecule is CCCN(C)C(C)CCC(C)CCN(C)CC1(CC(C)C)CC1. The van der Waals surface area contributed by atoms with E-state index in [1.165, 1.54) is 64.6 Å². The Morgan fingerprint density at radius 2 is 1.57 bits per heavy atom. The Labute approximate surface area is 147 Å². The van der Waals surface area contributed by atoms with Gasteiger partial charge in [-0.05, 0) is 96.3 Å². The first-order valence-corrected chi connectivity index (χ1v) is 10.2. The van der Waals surface area contributed by atoms with Crippen molar-refractivity contribution < 1.29 is 0 Å². The Hall–Kier alpha value is -0.0800. The molecule has 23 heavy (non-hydrogen) atoms. The minimum atomic E-state index is 0.684. The third kappa shape index (κ3) is 8.54. The van der Waals surface area contributed by atoms with Gasteiger partial charge in [0, 0.05) is 12.6 Å². The summed E-state index contributed by atoms with van der Waals surface area (Å²) in [5.74, 6) is 1.71. The highest BCUT2D eigenvalue weighted by Gasteiger charge is 2.43. The predicted molar refractivity (Wildman–Crippen MR) is 104 cm³/mol. The number of nitrogens with zero attached hydrogens (tertiary/aromatic N) is 2. The van der Waals surface area contributed by atoms with Gasteiger partial charge in [0.2, 0.25) is 0 Å². The van der Waals surface area contributed by atoms with Crippen molar-refractivity contribution in [3.05, 3.63) is 0 Å². The van der Waals surface area contributed by atoms with Crippen LogP contribution in [0.1, 0.15) is 79.6 Å². The lowest BCUT2D eigenvalue weighted by molar-refractivity contribution is 0.211. The molecule has 1 saturated carbocycles. The molecule has 0 aliphatic heterocycles. The second-order valence-electron chi connectivity index (χ2n) is 9.14. The number of hydrogen-bond donors (Lipinski definition) is 0. The first-order chi connectivity index (χ1) is 10.8. The minimum absolute atomic E-state index is 0.684. The fourth-order valence-electron chi connectivity index (χ4n) is 4.03. The molecule has 2 unspecified atom stereocenters. The van der Waals surface area contributed by atoms with Crippen LogP contribution in [-0.4, -0.2) is 49.6 Å². The van der Waals surface area contributed by atoms with E-state index in [1.807, 2.05) is 0 Å². The molecule has 2 nitrogen and oxygen atoms in total. The Kier molecular flexibility index (Phi) is 9.15. The molecular weight excluding hydrogens is 280 g/mol. The van der Waals surface area contributed by atoms with Crippen LogP contribution in [0.3, 0.4) is 0 Å². The molecule has 0 amide bonds. The van der Waals surface area contributed by atoms with Gasteiger partial charge in [0.15, 0.2) is 0 Å². The van der Waals surface area contributed by atoms with Gasteiger partial charge in [-0.1, -0.05) is 27.7 Å². The first kappa shape index (κ1) is 21.0. The zero-order valence-corrected chi connectivity index (χ0v) is 17.2. The van der Waals surface area contributed by atoms with E-state index < -0.39 is 0 Å². The van der Waals surface area contributed by atoms with Crippen molar-refractivity contribution in [1.82, 2.24) is 9.80 Å². The van der Waals surface area contributed by atoms with Crippen LogP contribution in [0, 0.1) is 17.3 Å². The highest BCUT2D eigenvalue weighted by molar-refractivity contribution is 4.95. The third-order valence-electron chi connectivity index (χ3n) is 5.81. The molecule has 1 aliphatic rings. The highest BCUT2D eigenvalue weighted by Crippen LogP contribution is 2.51. The average molecular weight is 325 g/mol. The van der Waals surface area contributed by atoms with Gasteiger partial charge in [-0.3, -0.25) is 0 Å². The molecule has 1 rings (SSSR count). The van der Waals surface area contributed by atoms with Gasteiger partial charge in [0.05, 0.1) is 0 Å². The molecule has 0 N–H and O–H groups in total. The zero-order valence-electron chi connectivity index (χ0n) is 17.2. The summed E-state index contributed by atoms with van der Waals surface area (Å²) < 4.78 is 0. The maximum atomic E-state index is 2.61. The molecular formula is C21H44N2. The molecule has 1 aliphatic carbocycles. The van der Waals surface area contributed by atoms with E-state index in [9.17, 15) is 0 Å². The predicted octanol–water partition coefficient (Wildman–Crippen LogP) is 5.28. The molecule has 2 atom stereocenters. The normalized spacial score (nSPS) is 19.6. The van der Waals surface area contributed by atoms with Crippen LogP contribution in [0.2, 0.25) is 0 Å². The van der Waals surface area contributed by atoms with Gasteiger partial charge >= 0.3 is 0 Å². The van der Waals surface area contributed by atoms with Gasteiger partial charge in [0.1, 0.15) is 0 Å². The molecule has 0 radical (unpaired) electrons. The van der Waals surface area contributed by atoms with Crippen LogP contribution in [0.25, 0.3) is 0 Å². The minimum Gasteiger partial charge on any atom is -0.306 e. The van der Waals surface area contributed by atoms with Crippen LogP contribution < -0.4 is 0 Å². The molecule has 0 saturated heterocycles. The van der Waals surface area contributed by atoms with Crippen molar-refractivity contribution in [2.75, 3.05) is 33.7 Å². The largest absolute Gasteiger partial charge is 0.306 e. The van der Waals surface area contributed by atoms with Crippen molar-refractivity contribution in [2.24, 2.45) is 17.3 Å². The molecule has 0 aromatic heterocycles. The number of hydrogen-bond acceptors (Lipinski definition) is 2. The summed E-state index contributed by atoms with van der Waals surface area (Å²) in [7, 11) is 4.61. The van der Waals surface area contributed by atoms with E-state index in [4.69, 9.17) is 0 Å². The standard InChI is InChI=1S/C21H44N2/c1-8-14-23(7)20(5)10-9-19(4)11-15-22(6)17-21(12-13-21)16-18(2)3/h18-20H,8-17H2,1-7H3. The second-order valence-corrected chi connectivity index (χ2v) is 9.14. The Morgan fingerprint density at radius 1 is 0.913 bits per heavy atom. The fraction of sp³-hybridized carbons (Fsp3) is 1.00. The van der Waals surface area contributed by atoms with E-state index in [0.29, 0.717) is 5.41 Å². The lowest BCUT2D eigenvalue weighted by Gasteiger charge is -2.27. The first-order valence-electron chi connectivity index (χ1n) is 10.2. The maximum Gasteiger partial charge on any atom is 0.00639 e. The van der Waals surface area contributed by atoms with Crippen LogP contribution in [0.4, 0.5) is 0 Å². The summed E-state index contributed by atoms with van der Waals surface area (Å²) >= 11 is 0. The van der Waals surface area contributed by atoms with Crippen LogP contribution in [0.15, 0.2) is 0 Å². The molecule has 2 heteroatoms. The quantitative estimate of drug-likeness (QED) is 0.455. The van der Waals surface area contributed by atoms with Gasteiger partial charge in [-0.25, -0.2) is 0 Å². The van der Waals surface area contributed by atoms with Crippen LogP contribution in [-0.2, 0) is 0 Å². The fourth-order valence-corrected chi connectivity index (χ4v) is 4.03. The summed E-state index contributed by atoms with van der Waals surface area (Å²) in [5, 5.41) is 0. The summed E-state index contributed by atoms with van der Waals surface area (Å²) in [5.41, 5.74) is 0.684. The summed E-state index contributed by atoms with van der Waals surface area (Å²) in [6, 6.07) is 0.732. The molecule has 0 aromatic rings. The van der Waals surface area contributed by atoms with Crippen molar-refractivity contribution in [2.45, 2.75) is 85.6 Å². The molecule has 0 spiro atoms. The summed E-state index contributed by atoms with van der Waals surface area (Å²) in [6.45, 7) is 15.7. The van der Waals surface area contributed by atoms with Crippen molar-refractivity contribution in [3.8, 4) is 0 Å². The van der Waals surface area contributed by atoms with E-state index in [1.54, 1.807) is 0 Å². The topological polar surface area (TPSA) is 6.48 Å². The Morgan fingerprint density at radius 3 is 2.09 bits per heavy atom. The van der Waals surface area contributed by atoms with Gasteiger partial charge in [-0.2, -0.15) is 0 Å². The van der Waals surface area contributed by atoms with Crippen LogP contribution >= 0.6 is 0 Å². The van der Waals surface area contributed by atoms with Crippen molar-refractivity contribution in [3.63, 3.8) is 0 Å². The van der Waals surface area contributed by atoms with E-state index in [-0.39, 0.29) is 0 Å². The average Bonchev–Trinajstić information content (AvgIpc) is 3.20. The van der Waals surface area contributed by atoms with Gasteiger partial charge < -0.3 is 9.80 Å². The van der Waals surface area contributed by atoms with Crippen molar-refractivity contribution in [1.29, 1.82) is 0 Å². The van der Waals surface area contributed by atoms with Crippen molar-refractivity contribution >= 4 is 0 Å². The highest BCUT2D eigenvalue weighted by atomic mass is 15.1. The second kappa shape index (κ2) is 10.0. The molecule has 138 valence electrons. The lowest BCUT2D eigenvalue weighted by Crippen LogP contribution is -2.31. The van der Waals surface area contributed by atoms with Crippen LogP contribution in [0.5, 0.6) is 0 Å².